The number of hydrogen-bond acceptors (Lipinski definition) is 7. The molecule has 1 atom stereocenters. The average Bonchev–Trinajstić information content (AvgIpc) is 2.79. The summed E-state index contributed by atoms with van der Waals surface area (Å²) in [6.45, 7) is 10.6. The second-order valence-electron chi connectivity index (χ2n) is 8.34. The monoisotopic (exact) mass is 424 g/mol. The Balaban J connectivity index is 1.35. The number of benzene rings is 1. The predicted octanol–water partition coefficient (Wildman–Crippen LogP) is 1.65. The quantitative estimate of drug-likeness (QED) is 0.723. The number of carbonyl (C=O) groups is 1. The predicted molar refractivity (Wildman–Crippen MR) is 122 cm³/mol. The highest BCUT2D eigenvalue weighted by molar-refractivity contribution is 5.81. The number of amides is 1. The van der Waals surface area contributed by atoms with Crippen molar-refractivity contribution in [3.8, 4) is 5.75 Å². The Bertz CT molecular complexity index is 877. The van der Waals surface area contributed by atoms with Crippen LogP contribution in [0.1, 0.15) is 12.6 Å². The van der Waals surface area contributed by atoms with Crippen molar-refractivity contribution >= 4 is 17.7 Å². The molecule has 0 aliphatic carbocycles. The van der Waals surface area contributed by atoms with Gasteiger partial charge in [-0.2, -0.15) is 4.98 Å². The number of rotatable bonds is 5. The molecule has 1 unspecified atom stereocenters. The summed E-state index contributed by atoms with van der Waals surface area (Å²) in [4.78, 5) is 31.1. The van der Waals surface area contributed by atoms with Crippen LogP contribution < -0.4 is 14.5 Å². The van der Waals surface area contributed by atoms with Crippen LogP contribution in [-0.2, 0) is 4.79 Å². The molecule has 2 aromatic rings. The molecule has 2 aliphatic heterocycles. The Labute approximate surface area is 184 Å². The lowest BCUT2D eigenvalue weighted by atomic mass is 10.2. The molecule has 2 saturated heterocycles. The third kappa shape index (κ3) is 5.25. The Morgan fingerprint density at radius 1 is 0.935 bits per heavy atom. The number of hydrogen-bond donors (Lipinski definition) is 0. The molecule has 4 rings (SSSR count). The zero-order chi connectivity index (χ0) is 21.8. The number of anilines is 2. The van der Waals surface area contributed by atoms with Crippen LogP contribution in [0.3, 0.4) is 0 Å². The third-order valence-corrected chi connectivity index (χ3v) is 5.93. The molecular formula is C23H32N6O2. The van der Waals surface area contributed by atoms with Crippen molar-refractivity contribution in [2.24, 2.45) is 0 Å². The zero-order valence-electron chi connectivity index (χ0n) is 18.7. The summed E-state index contributed by atoms with van der Waals surface area (Å²) in [6, 6.07) is 11.6. The largest absolute Gasteiger partial charge is 0.481 e. The maximum absolute atomic E-state index is 12.8. The van der Waals surface area contributed by atoms with Crippen LogP contribution in [0, 0.1) is 6.92 Å². The first-order valence-corrected chi connectivity index (χ1v) is 11.0. The van der Waals surface area contributed by atoms with Crippen LogP contribution in [0.2, 0.25) is 0 Å². The normalized spacial score (nSPS) is 18.7. The lowest BCUT2D eigenvalue weighted by Crippen LogP contribution is -2.52. The number of carbonyl (C=O) groups excluding carboxylic acids is 1. The molecule has 1 aromatic heterocycles. The maximum Gasteiger partial charge on any atom is 0.263 e. The number of aryl methyl sites for hydroxylation is 1. The van der Waals surface area contributed by atoms with E-state index < -0.39 is 6.10 Å². The molecule has 2 fully saturated rings. The van der Waals surface area contributed by atoms with Gasteiger partial charge in [0.2, 0.25) is 5.95 Å². The smallest absolute Gasteiger partial charge is 0.263 e. The fraction of sp³-hybridized carbons (Fsp3) is 0.522. The number of nitrogens with zero attached hydrogens (tertiary/aromatic N) is 6. The summed E-state index contributed by atoms with van der Waals surface area (Å²) >= 11 is 0. The molecule has 2 aliphatic rings. The first kappa shape index (κ1) is 21.4. The molecule has 0 spiro atoms. The number of aromatic nitrogens is 2. The SMILES string of the molecule is Cc1cc(N2CCN(C)CC2)nc(N2CCN(C(=O)C(C)Oc3ccccc3)CC2)n1. The highest BCUT2D eigenvalue weighted by Gasteiger charge is 2.27. The van der Waals surface area contributed by atoms with E-state index in [1.165, 1.54) is 0 Å². The number of likely N-dealkylation sites (N-methyl/N-ethyl adjacent to an activating group) is 1. The van der Waals surface area contributed by atoms with E-state index in [-0.39, 0.29) is 5.91 Å². The molecule has 0 radical (unpaired) electrons. The zero-order valence-corrected chi connectivity index (χ0v) is 18.7. The summed E-state index contributed by atoms with van der Waals surface area (Å²) in [5.74, 6) is 2.49. The molecule has 166 valence electrons. The minimum atomic E-state index is -0.506. The number of piperazine rings is 2. The molecule has 0 N–H and O–H groups in total. The van der Waals surface area contributed by atoms with Gasteiger partial charge in [-0.05, 0) is 33.0 Å². The van der Waals surface area contributed by atoms with Gasteiger partial charge in [0.1, 0.15) is 11.6 Å². The Morgan fingerprint density at radius 2 is 1.58 bits per heavy atom. The second-order valence-corrected chi connectivity index (χ2v) is 8.34. The highest BCUT2D eigenvalue weighted by atomic mass is 16.5. The van der Waals surface area contributed by atoms with Crippen molar-refractivity contribution in [2.45, 2.75) is 20.0 Å². The maximum atomic E-state index is 12.8. The van der Waals surface area contributed by atoms with Gasteiger partial charge in [-0.3, -0.25) is 4.79 Å². The lowest BCUT2D eigenvalue weighted by molar-refractivity contribution is -0.138. The third-order valence-electron chi connectivity index (χ3n) is 5.93. The first-order chi connectivity index (χ1) is 15.0. The molecule has 1 aromatic carbocycles. The Kier molecular flexibility index (Phi) is 6.56. The molecular weight excluding hydrogens is 392 g/mol. The molecule has 31 heavy (non-hydrogen) atoms. The van der Waals surface area contributed by atoms with E-state index in [0.717, 1.165) is 56.7 Å². The summed E-state index contributed by atoms with van der Waals surface area (Å²) in [7, 11) is 2.15. The Hall–Kier alpha value is -2.87. The van der Waals surface area contributed by atoms with E-state index >= 15 is 0 Å². The summed E-state index contributed by atoms with van der Waals surface area (Å²) in [5, 5.41) is 0. The van der Waals surface area contributed by atoms with E-state index in [4.69, 9.17) is 9.72 Å². The van der Waals surface area contributed by atoms with Gasteiger partial charge < -0.3 is 24.3 Å². The lowest BCUT2D eigenvalue weighted by Gasteiger charge is -2.37. The summed E-state index contributed by atoms with van der Waals surface area (Å²) in [6.07, 6.45) is -0.506. The van der Waals surface area contributed by atoms with Gasteiger partial charge in [-0.25, -0.2) is 4.98 Å². The van der Waals surface area contributed by atoms with Crippen molar-refractivity contribution in [3.05, 3.63) is 42.1 Å². The van der Waals surface area contributed by atoms with Gasteiger partial charge in [0.05, 0.1) is 0 Å². The van der Waals surface area contributed by atoms with E-state index in [0.29, 0.717) is 18.8 Å². The molecule has 8 nitrogen and oxygen atoms in total. The highest BCUT2D eigenvalue weighted by Crippen LogP contribution is 2.20. The molecule has 0 saturated carbocycles. The van der Waals surface area contributed by atoms with Crippen LogP contribution >= 0.6 is 0 Å². The van der Waals surface area contributed by atoms with Crippen molar-refractivity contribution in [1.29, 1.82) is 0 Å². The van der Waals surface area contributed by atoms with Gasteiger partial charge in [0.25, 0.3) is 5.91 Å². The molecule has 1 amide bonds. The minimum Gasteiger partial charge on any atom is -0.481 e. The number of ether oxygens (including phenoxy) is 1. The second kappa shape index (κ2) is 9.51. The Morgan fingerprint density at radius 3 is 2.26 bits per heavy atom. The standard InChI is InChI=1S/C23H32N6O2/c1-18-17-21(27-11-9-26(3)10-12-27)25-23(24-18)29-15-13-28(14-16-29)22(30)19(2)31-20-7-5-4-6-8-20/h4-8,17,19H,9-16H2,1-3H3. The van der Waals surface area contributed by atoms with Crippen LogP contribution in [-0.4, -0.2) is 91.2 Å². The van der Waals surface area contributed by atoms with Crippen molar-refractivity contribution in [3.63, 3.8) is 0 Å². The van der Waals surface area contributed by atoms with Gasteiger partial charge in [0.15, 0.2) is 6.10 Å². The molecule has 0 bridgehead atoms. The topological polar surface area (TPSA) is 65.0 Å². The van der Waals surface area contributed by atoms with Crippen LogP contribution in [0.15, 0.2) is 36.4 Å². The molecule has 8 heteroatoms. The first-order valence-electron chi connectivity index (χ1n) is 11.0. The van der Waals surface area contributed by atoms with Crippen molar-refractivity contribution in [2.75, 3.05) is 69.2 Å². The number of para-hydroxylation sites is 1. The van der Waals surface area contributed by atoms with E-state index in [1.54, 1.807) is 0 Å². The fourth-order valence-corrected chi connectivity index (χ4v) is 4.01. The van der Waals surface area contributed by atoms with E-state index in [2.05, 4.69) is 32.8 Å². The van der Waals surface area contributed by atoms with Crippen LogP contribution in [0.5, 0.6) is 5.75 Å². The van der Waals surface area contributed by atoms with Gasteiger partial charge in [-0.15, -0.1) is 0 Å². The van der Waals surface area contributed by atoms with Gasteiger partial charge in [0, 0.05) is 64.1 Å². The molecule has 3 heterocycles. The van der Waals surface area contributed by atoms with Gasteiger partial charge >= 0.3 is 0 Å². The van der Waals surface area contributed by atoms with E-state index in [9.17, 15) is 4.79 Å². The van der Waals surface area contributed by atoms with Crippen molar-refractivity contribution in [1.82, 2.24) is 19.8 Å². The van der Waals surface area contributed by atoms with Crippen LogP contribution in [0.25, 0.3) is 0 Å². The van der Waals surface area contributed by atoms with E-state index in [1.807, 2.05) is 49.1 Å². The minimum absolute atomic E-state index is 0.0202. The van der Waals surface area contributed by atoms with Crippen molar-refractivity contribution < 1.29 is 9.53 Å². The van der Waals surface area contributed by atoms with Gasteiger partial charge in [-0.1, -0.05) is 18.2 Å². The van der Waals surface area contributed by atoms with Crippen LogP contribution in [0.4, 0.5) is 11.8 Å². The summed E-state index contributed by atoms with van der Waals surface area (Å²) in [5.41, 5.74) is 0.974. The summed E-state index contributed by atoms with van der Waals surface area (Å²) < 4.78 is 5.81. The average molecular weight is 425 g/mol. The fourth-order valence-electron chi connectivity index (χ4n) is 4.01.